The van der Waals surface area contributed by atoms with E-state index in [1.807, 2.05) is 6.92 Å². The Labute approximate surface area is 111 Å². The molecular weight excluding hydrogens is 274 g/mol. The van der Waals surface area contributed by atoms with Gasteiger partial charge in [0.2, 0.25) is 10.0 Å². The quantitative estimate of drug-likeness (QED) is 0.888. The Hall–Kier alpha value is -1.27. The molecule has 0 aliphatic heterocycles. The summed E-state index contributed by atoms with van der Waals surface area (Å²) >= 11 is 5.88. The largest absolute Gasteiger partial charge is 0.284 e. The van der Waals surface area contributed by atoms with Crippen molar-refractivity contribution in [3.63, 3.8) is 0 Å². The number of anilines is 1. The lowest BCUT2D eigenvalue weighted by Gasteiger charge is -2.07. The van der Waals surface area contributed by atoms with Crippen LogP contribution in [0.25, 0.3) is 10.9 Å². The maximum Gasteiger partial charge on any atom is 0.232 e. The number of aromatic amines is 1. The van der Waals surface area contributed by atoms with E-state index in [4.69, 9.17) is 11.6 Å². The Bertz CT molecular complexity index is 651. The number of benzene rings is 1. The van der Waals surface area contributed by atoms with E-state index in [1.165, 1.54) is 0 Å². The first-order valence-corrected chi connectivity index (χ1v) is 7.69. The van der Waals surface area contributed by atoms with Crippen molar-refractivity contribution in [3.8, 4) is 0 Å². The Kier molecular flexibility index (Phi) is 3.77. The molecule has 0 bridgehead atoms. The average molecular weight is 288 g/mol. The van der Waals surface area contributed by atoms with Crippen molar-refractivity contribution in [2.75, 3.05) is 10.5 Å². The fourth-order valence-corrected chi connectivity index (χ4v) is 3.07. The summed E-state index contributed by atoms with van der Waals surface area (Å²) in [6.07, 6.45) is 1.48. The van der Waals surface area contributed by atoms with E-state index in [2.05, 4.69) is 14.9 Å². The van der Waals surface area contributed by atoms with Crippen molar-refractivity contribution in [2.45, 2.75) is 19.8 Å². The molecule has 0 saturated heterocycles. The van der Waals surface area contributed by atoms with Crippen LogP contribution in [0, 0.1) is 0 Å². The van der Waals surface area contributed by atoms with Gasteiger partial charge in [0, 0.05) is 11.1 Å². The third-order valence-electron chi connectivity index (χ3n) is 2.56. The second-order valence-corrected chi connectivity index (χ2v) is 6.25. The molecule has 0 radical (unpaired) electrons. The highest BCUT2D eigenvalue weighted by atomic mass is 35.5. The number of hydrogen-bond donors (Lipinski definition) is 2. The lowest BCUT2D eigenvalue weighted by atomic mass is 10.2. The molecule has 0 atom stereocenters. The molecule has 98 valence electrons. The lowest BCUT2D eigenvalue weighted by Crippen LogP contribution is -2.16. The first kappa shape index (κ1) is 13.2. The van der Waals surface area contributed by atoms with E-state index in [0.29, 0.717) is 22.6 Å². The van der Waals surface area contributed by atoms with E-state index >= 15 is 0 Å². The van der Waals surface area contributed by atoms with Crippen LogP contribution >= 0.6 is 11.6 Å². The summed E-state index contributed by atoms with van der Waals surface area (Å²) < 4.78 is 26.0. The molecule has 7 heteroatoms. The number of fused-ring (bicyclic) bond motifs is 1. The van der Waals surface area contributed by atoms with Gasteiger partial charge in [0.25, 0.3) is 0 Å². The van der Waals surface area contributed by atoms with Crippen LogP contribution in [-0.2, 0) is 10.0 Å². The fourth-order valence-electron chi connectivity index (χ4n) is 1.61. The summed E-state index contributed by atoms with van der Waals surface area (Å²) in [5, 5.41) is 7.63. The van der Waals surface area contributed by atoms with Gasteiger partial charge in [-0.1, -0.05) is 24.9 Å². The summed E-state index contributed by atoms with van der Waals surface area (Å²) in [7, 11) is -3.29. The number of nitrogens with one attached hydrogen (secondary N) is 2. The third-order valence-corrected chi connectivity index (χ3v) is 4.22. The summed E-state index contributed by atoms with van der Waals surface area (Å²) in [6, 6.07) is 5.09. The minimum absolute atomic E-state index is 0.126. The van der Waals surface area contributed by atoms with Gasteiger partial charge in [-0.15, -0.1) is 0 Å². The number of aromatic nitrogens is 2. The third kappa shape index (κ3) is 2.94. The number of sulfonamides is 1. The zero-order valence-corrected chi connectivity index (χ0v) is 11.5. The van der Waals surface area contributed by atoms with Crippen molar-refractivity contribution in [2.24, 2.45) is 0 Å². The average Bonchev–Trinajstić information content (AvgIpc) is 2.68. The summed E-state index contributed by atoms with van der Waals surface area (Å²) in [5.41, 5.74) is 1.28. The molecule has 5 nitrogen and oxygen atoms in total. The fraction of sp³-hybridized carbons (Fsp3) is 0.364. The van der Waals surface area contributed by atoms with E-state index in [0.717, 1.165) is 11.9 Å². The second-order valence-electron chi connectivity index (χ2n) is 4.05. The monoisotopic (exact) mass is 287 g/mol. The smallest absolute Gasteiger partial charge is 0.232 e. The van der Waals surface area contributed by atoms with Crippen molar-refractivity contribution >= 4 is 38.2 Å². The predicted octanol–water partition coefficient (Wildman–Crippen LogP) is 2.76. The van der Waals surface area contributed by atoms with Gasteiger partial charge in [0.15, 0.2) is 5.15 Å². The molecule has 2 N–H and O–H groups in total. The molecule has 18 heavy (non-hydrogen) atoms. The number of halogens is 1. The minimum atomic E-state index is -3.29. The molecule has 0 aliphatic carbocycles. The summed E-state index contributed by atoms with van der Waals surface area (Å²) in [4.78, 5) is 0. The zero-order chi connectivity index (χ0) is 13.2. The standard InChI is InChI=1S/C11H14ClN3O2S/c1-2-3-6-18(16,17)15-8-4-5-10-9(7-8)11(12)14-13-10/h4-5,7,15H,2-3,6H2,1H3,(H,13,14). The molecule has 0 saturated carbocycles. The van der Waals surface area contributed by atoms with Crippen LogP contribution in [0.1, 0.15) is 19.8 Å². The van der Waals surface area contributed by atoms with Gasteiger partial charge in [-0.25, -0.2) is 8.42 Å². The molecule has 2 rings (SSSR count). The van der Waals surface area contributed by atoms with Gasteiger partial charge in [-0.05, 0) is 24.6 Å². The van der Waals surface area contributed by atoms with Crippen molar-refractivity contribution in [1.82, 2.24) is 10.2 Å². The number of rotatable bonds is 5. The number of unbranched alkanes of at least 4 members (excludes halogenated alkanes) is 1. The molecule has 1 aromatic heterocycles. The van der Waals surface area contributed by atoms with Gasteiger partial charge in [-0.3, -0.25) is 9.82 Å². The molecule has 2 aromatic rings. The second kappa shape index (κ2) is 5.16. The zero-order valence-electron chi connectivity index (χ0n) is 9.90. The highest BCUT2D eigenvalue weighted by Crippen LogP contribution is 2.24. The van der Waals surface area contributed by atoms with Crippen LogP contribution in [0.2, 0.25) is 5.15 Å². The highest BCUT2D eigenvalue weighted by molar-refractivity contribution is 7.92. The first-order chi connectivity index (χ1) is 8.52. The van der Waals surface area contributed by atoms with Gasteiger partial charge in [0.05, 0.1) is 11.3 Å². The lowest BCUT2D eigenvalue weighted by molar-refractivity contribution is 0.598. The first-order valence-electron chi connectivity index (χ1n) is 5.66. The van der Waals surface area contributed by atoms with Gasteiger partial charge in [-0.2, -0.15) is 5.10 Å². The van der Waals surface area contributed by atoms with Crippen molar-refractivity contribution in [1.29, 1.82) is 0 Å². The predicted molar refractivity (Wildman–Crippen MR) is 73.4 cm³/mol. The Balaban J connectivity index is 2.24. The molecule has 0 spiro atoms. The van der Waals surface area contributed by atoms with E-state index in [9.17, 15) is 8.42 Å². The van der Waals surface area contributed by atoms with Crippen molar-refractivity contribution < 1.29 is 8.42 Å². The van der Waals surface area contributed by atoms with Crippen LogP contribution < -0.4 is 4.72 Å². The minimum Gasteiger partial charge on any atom is -0.284 e. The van der Waals surface area contributed by atoms with E-state index in [-0.39, 0.29) is 5.75 Å². The maximum absolute atomic E-state index is 11.8. The normalized spacial score (nSPS) is 11.9. The number of H-pyrrole nitrogens is 1. The van der Waals surface area contributed by atoms with Crippen LogP contribution in [-0.4, -0.2) is 24.4 Å². The highest BCUT2D eigenvalue weighted by Gasteiger charge is 2.11. The molecular formula is C11H14ClN3O2S. The maximum atomic E-state index is 11.8. The van der Waals surface area contributed by atoms with Gasteiger partial charge in [0.1, 0.15) is 0 Å². The molecule has 1 aromatic carbocycles. The number of hydrogen-bond acceptors (Lipinski definition) is 3. The Morgan fingerprint density at radius 2 is 2.22 bits per heavy atom. The van der Waals surface area contributed by atoms with Crippen LogP contribution in [0.4, 0.5) is 5.69 Å². The van der Waals surface area contributed by atoms with Crippen LogP contribution in [0.15, 0.2) is 18.2 Å². The Morgan fingerprint density at radius 3 is 2.94 bits per heavy atom. The molecule has 0 aliphatic rings. The SMILES string of the molecule is CCCCS(=O)(=O)Nc1ccc2[nH]nc(Cl)c2c1. The molecule has 0 fully saturated rings. The molecule has 0 amide bonds. The van der Waals surface area contributed by atoms with E-state index < -0.39 is 10.0 Å². The van der Waals surface area contributed by atoms with Crippen LogP contribution in [0.5, 0.6) is 0 Å². The van der Waals surface area contributed by atoms with E-state index in [1.54, 1.807) is 18.2 Å². The Morgan fingerprint density at radius 1 is 1.44 bits per heavy atom. The van der Waals surface area contributed by atoms with Crippen molar-refractivity contribution in [3.05, 3.63) is 23.4 Å². The molecule has 0 unspecified atom stereocenters. The number of nitrogens with zero attached hydrogens (tertiary/aromatic N) is 1. The topological polar surface area (TPSA) is 74.8 Å². The molecule has 1 heterocycles. The summed E-state index contributed by atoms with van der Waals surface area (Å²) in [6.45, 7) is 1.95. The van der Waals surface area contributed by atoms with Crippen LogP contribution in [0.3, 0.4) is 0 Å². The summed E-state index contributed by atoms with van der Waals surface area (Å²) in [5.74, 6) is 0.126. The van der Waals surface area contributed by atoms with Gasteiger partial charge < -0.3 is 0 Å². The van der Waals surface area contributed by atoms with Gasteiger partial charge >= 0.3 is 0 Å².